The third kappa shape index (κ3) is 4.72. The van der Waals surface area contributed by atoms with Gasteiger partial charge in [0.15, 0.2) is 0 Å². The van der Waals surface area contributed by atoms with E-state index in [4.69, 9.17) is 5.11 Å². The number of benzene rings is 1. The van der Waals surface area contributed by atoms with Crippen molar-refractivity contribution in [1.29, 1.82) is 0 Å². The van der Waals surface area contributed by atoms with Crippen LogP contribution < -0.4 is 0 Å². The van der Waals surface area contributed by atoms with E-state index >= 15 is 0 Å². The molecule has 0 heterocycles. The molecule has 0 radical (unpaired) electrons. The van der Waals surface area contributed by atoms with Crippen molar-refractivity contribution in [3.8, 4) is 0 Å². The van der Waals surface area contributed by atoms with Crippen LogP contribution >= 0.6 is 63.7 Å². The fraction of sp³-hybridized carbons (Fsp3) is 0.176. The van der Waals surface area contributed by atoms with Crippen molar-refractivity contribution in [1.82, 2.24) is 0 Å². The topological polar surface area (TPSA) is 74.6 Å². The molecule has 0 saturated heterocycles. The average Bonchev–Trinajstić information content (AvgIpc) is 2.44. The van der Waals surface area contributed by atoms with E-state index < -0.39 is 21.1 Å². The monoisotopic (exact) mass is 596 g/mol. The van der Waals surface area contributed by atoms with Gasteiger partial charge >= 0.3 is 11.9 Å². The third-order valence-electron chi connectivity index (χ3n) is 3.61. The van der Waals surface area contributed by atoms with Gasteiger partial charge in [-0.15, -0.1) is 0 Å². The van der Waals surface area contributed by atoms with Crippen LogP contribution in [0.2, 0.25) is 0 Å². The fourth-order valence-corrected chi connectivity index (χ4v) is 5.75. The Kier molecular flexibility index (Phi) is 6.51. The lowest BCUT2D eigenvalue weighted by molar-refractivity contribution is -0.140. The van der Waals surface area contributed by atoms with Crippen molar-refractivity contribution in [3.63, 3.8) is 0 Å². The molecule has 25 heavy (non-hydrogen) atoms. The number of allylic oxidation sites excluding steroid dienone is 4. The highest BCUT2D eigenvalue weighted by molar-refractivity contribution is 9.25. The number of alkyl halides is 2. The van der Waals surface area contributed by atoms with E-state index in [-0.39, 0.29) is 5.56 Å². The number of rotatable bonds is 4. The van der Waals surface area contributed by atoms with Gasteiger partial charge in [0.1, 0.15) is 9.15 Å². The van der Waals surface area contributed by atoms with Crippen LogP contribution in [-0.2, 0) is 4.79 Å². The van der Waals surface area contributed by atoms with Crippen LogP contribution in [0.15, 0.2) is 50.5 Å². The molecule has 0 saturated carbocycles. The number of hydrogen-bond acceptors (Lipinski definition) is 2. The first kappa shape index (κ1) is 20.6. The molecule has 2 N–H and O–H groups in total. The van der Waals surface area contributed by atoms with Gasteiger partial charge in [-0.3, -0.25) is 4.79 Å². The zero-order valence-electron chi connectivity index (χ0n) is 12.8. The molecule has 132 valence electrons. The Balaban J connectivity index is 2.39. The van der Waals surface area contributed by atoms with E-state index in [1.165, 1.54) is 6.07 Å². The number of carbonyl (C=O) groups is 2. The molecule has 0 spiro atoms. The Morgan fingerprint density at radius 2 is 1.84 bits per heavy atom. The van der Waals surface area contributed by atoms with Crippen molar-refractivity contribution in [2.24, 2.45) is 5.92 Å². The molecule has 0 fully saturated rings. The van der Waals surface area contributed by atoms with Crippen LogP contribution in [0.4, 0.5) is 0 Å². The zero-order chi connectivity index (χ0) is 18.9. The summed E-state index contributed by atoms with van der Waals surface area (Å²) < 4.78 is 0.135. The predicted octanol–water partition coefficient (Wildman–Crippen LogP) is 5.96. The Bertz CT molecular complexity index is 837. The molecule has 1 atom stereocenters. The van der Waals surface area contributed by atoms with E-state index in [1.807, 2.05) is 13.0 Å². The summed E-state index contributed by atoms with van der Waals surface area (Å²) in [6.45, 7) is 1.90. The molecule has 4 nitrogen and oxygen atoms in total. The van der Waals surface area contributed by atoms with Gasteiger partial charge in [-0.05, 0) is 63.8 Å². The molecule has 1 unspecified atom stereocenters. The van der Waals surface area contributed by atoms with Gasteiger partial charge in [-0.25, -0.2) is 4.79 Å². The standard InChI is InChI=1S/C17H12Br4O4/c1-8(4-9-2-3-11(15(22)23)12(18)5-9)10-6-13(19)14(16(24)25)17(20,21)7-10/h2-7,14H,1H3,(H,22,23)(H,24,25). The van der Waals surface area contributed by atoms with E-state index in [1.54, 1.807) is 24.3 Å². The Hall–Kier alpha value is -0.700. The molecule has 8 heteroatoms. The van der Waals surface area contributed by atoms with Crippen molar-refractivity contribution in [2.45, 2.75) is 10.2 Å². The summed E-state index contributed by atoms with van der Waals surface area (Å²) in [5, 5.41) is 18.5. The smallest absolute Gasteiger partial charge is 0.336 e. The van der Waals surface area contributed by atoms with Crippen LogP contribution in [-0.4, -0.2) is 25.4 Å². The minimum Gasteiger partial charge on any atom is -0.481 e. The normalized spacial score (nSPS) is 19.9. The fourth-order valence-electron chi connectivity index (χ4n) is 2.39. The van der Waals surface area contributed by atoms with Gasteiger partial charge in [0.2, 0.25) is 0 Å². The molecular formula is C17H12Br4O4. The largest absolute Gasteiger partial charge is 0.481 e. The summed E-state index contributed by atoms with van der Waals surface area (Å²) in [6, 6.07) is 4.98. The maximum atomic E-state index is 11.4. The number of carboxylic acid groups (broad SMARTS) is 2. The molecule has 0 aliphatic heterocycles. The van der Waals surface area contributed by atoms with Crippen LogP contribution in [0.25, 0.3) is 6.08 Å². The summed E-state index contributed by atoms with van der Waals surface area (Å²) in [6.07, 6.45) is 5.46. The van der Waals surface area contributed by atoms with Gasteiger partial charge in [0.25, 0.3) is 0 Å². The SMILES string of the molecule is CC(=Cc1ccc(C(=O)O)c(Br)c1)C1=CC(Br)(Br)C(C(=O)O)C(Br)=C1. The molecule has 1 aromatic rings. The summed E-state index contributed by atoms with van der Waals surface area (Å²) in [5.41, 5.74) is 2.77. The lowest BCUT2D eigenvalue weighted by Crippen LogP contribution is -2.32. The van der Waals surface area contributed by atoms with Gasteiger partial charge in [-0.2, -0.15) is 0 Å². The molecule has 2 rings (SSSR count). The second-order valence-electron chi connectivity index (χ2n) is 5.45. The lowest BCUT2D eigenvalue weighted by Gasteiger charge is -2.29. The van der Waals surface area contributed by atoms with Crippen molar-refractivity contribution >= 4 is 81.7 Å². The highest BCUT2D eigenvalue weighted by atomic mass is 79.9. The Morgan fingerprint density at radius 3 is 2.32 bits per heavy atom. The van der Waals surface area contributed by atoms with Crippen molar-refractivity contribution < 1.29 is 19.8 Å². The van der Waals surface area contributed by atoms with Crippen LogP contribution in [0.5, 0.6) is 0 Å². The molecule has 0 bridgehead atoms. The van der Waals surface area contributed by atoms with Gasteiger partial charge in [-0.1, -0.05) is 59.9 Å². The Morgan fingerprint density at radius 1 is 1.20 bits per heavy atom. The summed E-state index contributed by atoms with van der Waals surface area (Å²) in [5.74, 6) is -2.74. The summed E-state index contributed by atoms with van der Waals surface area (Å²) in [7, 11) is 0. The van der Waals surface area contributed by atoms with Crippen LogP contribution in [0.3, 0.4) is 0 Å². The summed E-state index contributed by atoms with van der Waals surface area (Å²) in [4.78, 5) is 22.5. The first-order chi connectivity index (χ1) is 11.5. The number of aliphatic carboxylic acids is 1. The van der Waals surface area contributed by atoms with Crippen molar-refractivity contribution in [3.05, 3.63) is 61.6 Å². The molecule has 1 aliphatic carbocycles. The molecule has 1 aliphatic rings. The van der Waals surface area contributed by atoms with Gasteiger partial charge in [0, 0.05) is 8.96 Å². The summed E-state index contributed by atoms with van der Waals surface area (Å²) >= 11 is 13.4. The lowest BCUT2D eigenvalue weighted by atomic mass is 9.92. The van der Waals surface area contributed by atoms with Crippen LogP contribution in [0, 0.1) is 5.92 Å². The van der Waals surface area contributed by atoms with Crippen molar-refractivity contribution in [2.75, 3.05) is 0 Å². The second-order valence-corrected chi connectivity index (χ2v) is 10.9. The van der Waals surface area contributed by atoms with E-state index in [0.29, 0.717) is 8.96 Å². The number of hydrogen-bond donors (Lipinski definition) is 2. The van der Waals surface area contributed by atoms with E-state index in [2.05, 4.69) is 63.7 Å². The minimum atomic E-state index is -0.996. The molecule has 0 aromatic heterocycles. The number of carboxylic acids is 2. The number of halogens is 4. The second kappa shape index (κ2) is 7.90. The predicted molar refractivity (Wildman–Crippen MR) is 112 cm³/mol. The highest BCUT2D eigenvalue weighted by Crippen LogP contribution is 2.47. The maximum absolute atomic E-state index is 11.4. The van der Waals surface area contributed by atoms with E-state index in [0.717, 1.165) is 16.7 Å². The van der Waals surface area contributed by atoms with Gasteiger partial charge in [0.05, 0.1) is 5.56 Å². The quantitative estimate of drug-likeness (QED) is 0.419. The first-order valence-corrected chi connectivity index (χ1v) is 10.1. The molecular weight excluding hydrogens is 588 g/mol. The first-order valence-electron chi connectivity index (χ1n) is 6.95. The Labute approximate surface area is 178 Å². The third-order valence-corrected chi connectivity index (χ3v) is 6.33. The average molecular weight is 600 g/mol. The van der Waals surface area contributed by atoms with Gasteiger partial charge < -0.3 is 10.2 Å². The zero-order valence-corrected chi connectivity index (χ0v) is 19.1. The maximum Gasteiger partial charge on any atom is 0.336 e. The minimum absolute atomic E-state index is 0.193. The van der Waals surface area contributed by atoms with E-state index in [9.17, 15) is 14.7 Å². The van der Waals surface area contributed by atoms with Crippen LogP contribution in [0.1, 0.15) is 22.8 Å². The number of aromatic carboxylic acids is 1. The molecule has 1 aromatic carbocycles. The highest BCUT2D eigenvalue weighted by Gasteiger charge is 2.42. The molecule has 0 amide bonds.